The minimum absolute atomic E-state index is 0.266. The summed E-state index contributed by atoms with van der Waals surface area (Å²) in [7, 11) is 0. The molecular formula is C15H27N3. The Labute approximate surface area is 111 Å². The maximum Gasteiger partial charge on any atom is 0.0352 e. The predicted molar refractivity (Wildman–Crippen MR) is 76.8 cm³/mol. The minimum atomic E-state index is 0.266. The molecule has 0 amide bonds. The van der Waals surface area contributed by atoms with Crippen LogP contribution in [0.25, 0.3) is 0 Å². The van der Waals surface area contributed by atoms with E-state index in [0.29, 0.717) is 0 Å². The molecule has 1 aliphatic rings. The summed E-state index contributed by atoms with van der Waals surface area (Å²) in [6.07, 6.45) is 3.59. The largest absolute Gasteiger partial charge is 0.347 e. The van der Waals surface area contributed by atoms with E-state index in [-0.39, 0.29) is 6.04 Å². The second kappa shape index (κ2) is 5.89. The number of fused-ring (bicyclic) bond motifs is 1. The summed E-state index contributed by atoms with van der Waals surface area (Å²) in [5, 5.41) is 0. The summed E-state index contributed by atoms with van der Waals surface area (Å²) in [6, 6.07) is 2.57. The lowest BCUT2D eigenvalue weighted by Gasteiger charge is -2.23. The standard InChI is InChI=1S/C15H27N3/c1-4-17(5-2)9-10-18-12(3)11-13-14(16)7-6-8-15(13)18/h11,14H,4-10,16H2,1-3H3. The number of likely N-dealkylation sites (N-methyl/N-ethyl adjacent to an activating group) is 1. The van der Waals surface area contributed by atoms with Crippen molar-refractivity contribution in [3.63, 3.8) is 0 Å². The summed E-state index contributed by atoms with van der Waals surface area (Å²) in [5.41, 5.74) is 10.5. The van der Waals surface area contributed by atoms with E-state index in [0.717, 1.165) is 32.6 Å². The molecule has 1 unspecified atom stereocenters. The Bertz CT molecular complexity index is 391. The van der Waals surface area contributed by atoms with Gasteiger partial charge in [-0.3, -0.25) is 0 Å². The van der Waals surface area contributed by atoms with Gasteiger partial charge in [-0.05, 0) is 50.9 Å². The van der Waals surface area contributed by atoms with Crippen molar-refractivity contribution in [1.82, 2.24) is 9.47 Å². The number of rotatable bonds is 5. The van der Waals surface area contributed by atoms with Gasteiger partial charge in [0.1, 0.15) is 0 Å². The number of nitrogens with zero attached hydrogens (tertiary/aromatic N) is 2. The van der Waals surface area contributed by atoms with Crippen LogP contribution < -0.4 is 5.73 Å². The first-order chi connectivity index (χ1) is 8.67. The molecule has 0 fully saturated rings. The van der Waals surface area contributed by atoms with Gasteiger partial charge in [0.2, 0.25) is 0 Å². The molecule has 18 heavy (non-hydrogen) atoms. The third-order valence-electron chi connectivity index (χ3n) is 4.31. The predicted octanol–water partition coefficient (Wildman–Crippen LogP) is 2.47. The topological polar surface area (TPSA) is 34.2 Å². The molecule has 0 saturated carbocycles. The van der Waals surface area contributed by atoms with Gasteiger partial charge < -0.3 is 15.2 Å². The maximum atomic E-state index is 6.21. The Hall–Kier alpha value is -0.800. The lowest BCUT2D eigenvalue weighted by atomic mass is 9.93. The number of nitrogens with two attached hydrogens (primary N) is 1. The molecule has 102 valence electrons. The molecule has 3 heteroatoms. The third-order valence-corrected chi connectivity index (χ3v) is 4.31. The highest BCUT2D eigenvalue weighted by molar-refractivity contribution is 5.32. The van der Waals surface area contributed by atoms with Gasteiger partial charge in [0.05, 0.1) is 0 Å². The van der Waals surface area contributed by atoms with Crippen molar-refractivity contribution < 1.29 is 0 Å². The van der Waals surface area contributed by atoms with Gasteiger partial charge in [0, 0.05) is 30.5 Å². The zero-order valence-electron chi connectivity index (χ0n) is 12.1. The Morgan fingerprint density at radius 3 is 2.78 bits per heavy atom. The van der Waals surface area contributed by atoms with Crippen LogP contribution in [0.2, 0.25) is 0 Å². The molecule has 1 heterocycles. The molecule has 1 atom stereocenters. The highest BCUT2D eigenvalue weighted by atomic mass is 15.1. The van der Waals surface area contributed by atoms with Crippen molar-refractivity contribution in [2.24, 2.45) is 5.73 Å². The van der Waals surface area contributed by atoms with Crippen LogP contribution in [0.4, 0.5) is 0 Å². The van der Waals surface area contributed by atoms with E-state index in [1.165, 1.54) is 29.8 Å². The fourth-order valence-electron chi connectivity index (χ4n) is 3.09. The molecular weight excluding hydrogens is 222 g/mol. The van der Waals surface area contributed by atoms with Crippen LogP contribution in [0.5, 0.6) is 0 Å². The van der Waals surface area contributed by atoms with Crippen LogP contribution in [0.3, 0.4) is 0 Å². The molecule has 3 nitrogen and oxygen atoms in total. The maximum absolute atomic E-state index is 6.21. The lowest BCUT2D eigenvalue weighted by Crippen LogP contribution is -2.28. The number of hydrogen-bond donors (Lipinski definition) is 1. The Morgan fingerprint density at radius 2 is 2.11 bits per heavy atom. The normalized spacial score (nSPS) is 19.3. The number of aromatic nitrogens is 1. The van der Waals surface area contributed by atoms with Crippen molar-refractivity contribution in [2.45, 2.75) is 52.6 Å². The van der Waals surface area contributed by atoms with Crippen LogP contribution in [-0.4, -0.2) is 29.1 Å². The van der Waals surface area contributed by atoms with Gasteiger partial charge in [-0.2, -0.15) is 0 Å². The lowest BCUT2D eigenvalue weighted by molar-refractivity contribution is 0.288. The SMILES string of the molecule is CCN(CC)CCn1c(C)cc2c1CCCC2N. The van der Waals surface area contributed by atoms with Crippen molar-refractivity contribution in [3.8, 4) is 0 Å². The first kappa shape index (κ1) is 13.6. The van der Waals surface area contributed by atoms with E-state index in [2.05, 4.69) is 36.3 Å². The first-order valence-corrected chi connectivity index (χ1v) is 7.34. The highest BCUT2D eigenvalue weighted by Gasteiger charge is 2.21. The van der Waals surface area contributed by atoms with Crippen LogP contribution in [0.15, 0.2) is 6.07 Å². The van der Waals surface area contributed by atoms with Crippen LogP contribution in [0, 0.1) is 6.92 Å². The second-order valence-electron chi connectivity index (χ2n) is 5.36. The van der Waals surface area contributed by atoms with E-state index in [9.17, 15) is 0 Å². The Morgan fingerprint density at radius 1 is 1.39 bits per heavy atom. The average Bonchev–Trinajstić information content (AvgIpc) is 2.69. The van der Waals surface area contributed by atoms with Crippen molar-refractivity contribution in [1.29, 1.82) is 0 Å². The highest BCUT2D eigenvalue weighted by Crippen LogP contribution is 2.30. The van der Waals surface area contributed by atoms with Gasteiger partial charge in [0.15, 0.2) is 0 Å². The quantitative estimate of drug-likeness (QED) is 0.870. The average molecular weight is 249 g/mol. The summed E-state index contributed by atoms with van der Waals surface area (Å²) < 4.78 is 2.49. The van der Waals surface area contributed by atoms with E-state index in [1.54, 1.807) is 0 Å². The Balaban J connectivity index is 2.13. The number of aryl methyl sites for hydroxylation is 1. The molecule has 0 aromatic carbocycles. The molecule has 0 radical (unpaired) electrons. The van der Waals surface area contributed by atoms with E-state index < -0.39 is 0 Å². The minimum Gasteiger partial charge on any atom is -0.347 e. The van der Waals surface area contributed by atoms with Crippen LogP contribution in [-0.2, 0) is 13.0 Å². The zero-order valence-corrected chi connectivity index (χ0v) is 12.1. The van der Waals surface area contributed by atoms with E-state index in [1.807, 2.05) is 0 Å². The van der Waals surface area contributed by atoms with Gasteiger partial charge in [-0.1, -0.05) is 13.8 Å². The molecule has 2 rings (SSSR count). The fourth-order valence-corrected chi connectivity index (χ4v) is 3.09. The zero-order chi connectivity index (χ0) is 13.1. The third kappa shape index (κ3) is 2.62. The van der Waals surface area contributed by atoms with Gasteiger partial charge in [0.25, 0.3) is 0 Å². The molecule has 2 N–H and O–H groups in total. The first-order valence-electron chi connectivity index (χ1n) is 7.34. The van der Waals surface area contributed by atoms with Gasteiger partial charge in [-0.25, -0.2) is 0 Å². The summed E-state index contributed by atoms with van der Waals surface area (Å²) in [6.45, 7) is 11.2. The number of hydrogen-bond acceptors (Lipinski definition) is 2. The summed E-state index contributed by atoms with van der Waals surface area (Å²) in [4.78, 5) is 2.48. The van der Waals surface area contributed by atoms with Gasteiger partial charge >= 0.3 is 0 Å². The summed E-state index contributed by atoms with van der Waals surface area (Å²) in [5.74, 6) is 0. The molecule has 0 spiro atoms. The van der Waals surface area contributed by atoms with Gasteiger partial charge in [-0.15, -0.1) is 0 Å². The molecule has 1 aromatic heterocycles. The molecule has 0 saturated heterocycles. The molecule has 0 bridgehead atoms. The molecule has 1 aliphatic carbocycles. The van der Waals surface area contributed by atoms with Crippen molar-refractivity contribution in [3.05, 3.63) is 23.0 Å². The summed E-state index contributed by atoms with van der Waals surface area (Å²) >= 11 is 0. The van der Waals surface area contributed by atoms with Crippen LogP contribution in [0.1, 0.15) is 49.7 Å². The van der Waals surface area contributed by atoms with Crippen molar-refractivity contribution >= 4 is 0 Å². The van der Waals surface area contributed by atoms with Crippen molar-refractivity contribution in [2.75, 3.05) is 19.6 Å². The fraction of sp³-hybridized carbons (Fsp3) is 0.733. The smallest absolute Gasteiger partial charge is 0.0352 e. The Kier molecular flexibility index (Phi) is 4.46. The second-order valence-corrected chi connectivity index (χ2v) is 5.36. The van der Waals surface area contributed by atoms with Crippen LogP contribution >= 0.6 is 0 Å². The monoisotopic (exact) mass is 249 g/mol. The van der Waals surface area contributed by atoms with E-state index >= 15 is 0 Å². The van der Waals surface area contributed by atoms with E-state index in [4.69, 9.17) is 5.73 Å². The molecule has 0 aliphatic heterocycles. The molecule has 1 aromatic rings.